The summed E-state index contributed by atoms with van der Waals surface area (Å²) in [6, 6.07) is 19.0. The quantitative estimate of drug-likeness (QED) is 0.800. The van der Waals surface area contributed by atoms with Gasteiger partial charge in [0.05, 0.1) is 0 Å². The molecule has 0 heterocycles. The first kappa shape index (κ1) is 16.7. The first-order chi connectivity index (χ1) is 11.2. The molecule has 1 N–H and O–H groups in total. The van der Waals surface area contributed by atoms with Gasteiger partial charge in [0, 0.05) is 18.5 Å². The number of carbonyl (C=O) groups is 2. The number of nitrogens with one attached hydrogen (secondary N) is 1. The van der Waals surface area contributed by atoms with Crippen LogP contribution >= 0.6 is 0 Å². The Kier molecular flexibility index (Phi) is 6.36. The van der Waals surface area contributed by atoms with Crippen LogP contribution in [0.15, 0.2) is 60.7 Å². The lowest BCUT2D eigenvalue weighted by molar-refractivity contribution is -0.156. The normalized spacial score (nSPS) is 11.5. The molecule has 2 rings (SSSR count). The summed E-state index contributed by atoms with van der Waals surface area (Å²) in [5.41, 5.74) is 1.82. The van der Waals surface area contributed by atoms with Gasteiger partial charge in [0.25, 0.3) is 5.91 Å². The average molecular weight is 311 g/mol. The van der Waals surface area contributed by atoms with Crippen molar-refractivity contribution in [2.24, 2.45) is 0 Å². The van der Waals surface area contributed by atoms with Crippen molar-refractivity contribution in [1.29, 1.82) is 0 Å². The molecule has 0 aromatic heterocycles. The molecule has 0 bridgehead atoms. The predicted molar refractivity (Wildman–Crippen MR) is 88.7 cm³/mol. The fraction of sp³-hybridized carbons (Fsp3) is 0.263. The van der Waals surface area contributed by atoms with Crippen LogP contribution in [0.4, 0.5) is 0 Å². The van der Waals surface area contributed by atoms with Gasteiger partial charge in [-0.1, -0.05) is 67.6 Å². The van der Waals surface area contributed by atoms with Crippen LogP contribution in [-0.2, 0) is 20.7 Å². The molecule has 120 valence electrons. The highest BCUT2D eigenvalue weighted by Crippen LogP contribution is 2.18. The van der Waals surface area contributed by atoms with Gasteiger partial charge in [-0.25, -0.2) is 0 Å². The van der Waals surface area contributed by atoms with Crippen molar-refractivity contribution in [2.45, 2.75) is 25.9 Å². The Morgan fingerprint density at radius 3 is 2.22 bits per heavy atom. The van der Waals surface area contributed by atoms with Crippen LogP contribution in [0.2, 0.25) is 0 Å². The molecule has 0 saturated carbocycles. The highest BCUT2D eigenvalue weighted by Gasteiger charge is 2.23. The third-order valence-electron chi connectivity index (χ3n) is 3.43. The molecular weight excluding hydrogens is 290 g/mol. The summed E-state index contributed by atoms with van der Waals surface area (Å²) in [4.78, 5) is 24.0. The van der Waals surface area contributed by atoms with E-state index in [4.69, 9.17) is 4.74 Å². The molecule has 0 aliphatic carbocycles. The van der Waals surface area contributed by atoms with Gasteiger partial charge in [0.2, 0.25) is 6.10 Å². The highest BCUT2D eigenvalue weighted by atomic mass is 16.5. The SMILES string of the molecule is CCC(=O)OC(C(=O)NCCc1ccccc1)c1ccccc1. The van der Waals surface area contributed by atoms with Crippen LogP contribution in [-0.4, -0.2) is 18.4 Å². The van der Waals surface area contributed by atoms with E-state index in [1.165, 1.54) is 0 Å². The van der Waals surface area contributed by atoms with E-state index in [9.17, 15) is 9.59 Å². The molecule has 0 aliphatic heterocycles. The molecule has 0 radical (unpaired) electrons. The third-order valence-corrected chi connectivity index (χ3v) is 3.43. The molecule has 4 nitrogen and oxygen atoms in total. The Balaban J connectivity index is 1.97. The molecule has 1 atom stereocenters. The molecule has 0 fully saturated rings. The van der Waals surface area contributed by atoms with Crippen molar-refractivity contribution < 1.29 is 14.3 Å². The van der Waals surface area contributed by atoms with Crippen LogP contribution in [0.3, 0.4) is 0 Å². The lowest BCUT2D eigenvalue weighted by Crippen LogP contribution is -2.33. The van der Waals surface area contributed by atoms with Gasteiger partial charge in [0.15, 0.2) is 0 Å². The summed E-state index contributed by atoms with van der Waals surface area (Å²) < 4.78 is 5.30. The van der Waals surface area contributed by atoms with E-state index in [1.807, 2.05) is 48.5 Å². The summed E-state index contributed by atoms with van der Waals surface area (Å²) in [7, 11) is 0. The van der Waals surface area contributed by atoms with Gasteiger partial charge in [-0.05, 0) is 12.0 Å². The van der Waals surface area contributed by atoms with Gasteiger partial charge in [-0.3, -0.25) is 9.59 Å². The number of ether oxygens (including phenoxy) is 1. The van der Waals surface area contributed by atoms with E-state index in [1.54, 1.807) is 19.1 Å². The van der Waals surface area contributed by atoms with Crippen molar-refractivity contribution in [3.05, 3.63) is 71.8 Å². The zero-order valence-corrected chi connectivity index (χ0v) is 13.2. The van der Waals surface area contributed by atoms with Gasteiger partial charge in [-0.2, -0.15) is 0 Å². The van der Waals surface area contributed by atoms with E-state index < -0.39 is 12.1 Å². The Hall–Kier alpha value is -2.62. The van der Waals surface area contributed by atoms with Crippen molar-refractivity contribution in [3.63, 3.8) is 0 Å². The molecule has 1 unspecified atom stereocenters. The minimum absolute atomic E-state index is 0.237. The second-order valence-electron chi connectivity index (χ2n) is 5.16. The molecule has 4 heteroatoms. The molecule has 0 spiro atoms. The van der Waals surface area contributed by atoms with Crippen LogP contribution in [0, 0.1) is 0 Å². The topological polar surface area (TPSA) is 55.4 Å². The van der Waals surface area contributed by atoms with Gasteiger partial charge in [-0.15, -0.1) is 0 Å². The Bertz CT molecular complexity index is 626. The van der Waals surface area contributed by atoms with Crippen molar-refractivity contribution in [1.82, 2.24) is 5.32 Å². The monoisotopic (exact) mass is 311 g/mol. The van der Waals surface area contributed by atoms with E-state index >= 15 is 0 Å². The van der Waals surface area contributed by atoms with E-state index in [-0.39, 0.29) is 12.3 Å². The Morgan fingerprint density at radius 1 is 1.00 bits per heavy atom. The first-order valence-electron chi connectivity index (χ1n) is 7.76. The average Bonchev–Trinajstić information content (AvgIpc) is 2.61. The molecule has 0 saturated heterocycles. The molecular formula is C19H21NO3. The fourth-order valence-electron chi connectivity index (χ4n) is 2.18. The zero-order valence-electron chi connectivity index (χ0n) is 13.2. The number of carbonyl (C=O) groups excluding carboxylic acids is 2. The highest BCUT2D eigenvalue weighted by molar-refractivity contribution is 5.84. The molecule has 2 aromatic carbocycles. The van der Waals surface area contributed by atoms with Gasteiger partial charge < -0.3 is 10.1 Å². The number of esters is 1. The lowest BCUT2D eigenvalue weighted by Gasteiger charge is -2.17. The zero-order chi connectivity index (χ0) is 16.5. The summed E-state index contributed by atoms with van der Waals surface area (Å²) in [5, 5.41) is 2.84. The van der Waals surface area contributed by atoms with Crippen molar-refractivity contribution >= 4 is 11.9 Å². The molecule has 1 amide bonds. The number of hydrogen-bond acceptors (Lipinski definition) is 3. The van der Waals surface area contributed by atoms with Crippen LogP contribution in [0.25, 0.3) is 0 Å². The summed E-state index contributed by atoms with van der Waals surface area (Å²) >= 11 is 0. The van der Waals surface area contributed by atoms with Crippen LogP contribution in [0.5, 0.6) is 0 Å². The number of hydrogen-bond donors (Lipinski definition) is 1. The van der Waals surface area contributed by atoms with Gasteiger partial charge in [0.1, 0.15) is 0 Å². The summed E-state index contributed by atoms with van der Waals surface area (Å²) in [6.45, 7) is 2.20. The summed E-state index contributed by atoms with van der Waals surface area (Å²) in [5.74, 6) is -0.689. The van der Waals surface area contributed by atoms with Crippen LogP contribution in [0.1, 0.15) is 30.6 Å². The van der Waals surface area contributed by atoms with Crippen molar-refractivity contribution in [3.8, 4) is 0 Å². The van der Waals surface area contributed by atoms with E-state index in [0.29, 0.717) is 12.1 Å². The minimum atomic E-state index is -0.903. The van der Waals surface area contributed by atoms with Gasteiger partial charge >= 0.3 is 5.97 Å². The fourth-order valence-corrected chi connectivity index (χ4v) is 2.18. The number of benzene rings is 2. The maximum atomic E-state index is 12.4. The predicted octanol–water partition coefficient (Wildman–Crippen LogP) is 3.04. The number of amides is 1. The maximum absolute atomic E-state index is 12.4. The smallest absolute Gasteiger partial charge is 0.306 e. The second kappa shape index (κ2) is 8.73. The van der Waals surface area contributed by atoms with Crippen molar-refractivity contribution in [2.75, 3.05) is 6.54 Å². The largest absolute Gasteiger partial charge is 0.447 e. The maximum Gasteiger partial charge on any atom is 0.306 e. The second-order valence-corrected chi connectivity index (χ2v) is 5.16. The minimum Gasteiger partial charge on any atom is -0.447 e. The Labute approximate surface area is 136 Å². The summed E-state index contributed by atoms with van der Waals surface area (Å²) in [6.07, 6.45) is 0.0654. The standard InChI is InChI=1S/C19H21NO3/c1-2-17(21)23-18(16-11-7-4-8-12-16)19(22)20-14-13-15-9-5-3-6-10-15/h3-12,18H,2,13-14H2,1H3,(H,20,22). The van der Waals surface area contributed by atoms with E-state index in [0.717, 1.165) is 12.0 Å². The molecule has 23 heavy (non-hydrogen) atoms. The van der Waals surface area contributed by atoms with E-state index in [2.05, 4.69) is 5.32 Å². The third kappa shape index (κ3) is 5.25. The molecule has 2 aromatic rings. The Morgan fingerprint density at radius 2 is 1.61 bits per heavy atom. The number of rotatable bonds is 7. The first-order valence-corrected chi connectivity index (χ1v) is 7.76. The van der Waals surface area contributed by atoms with Crippen LogP contribution < -0.4 is 5.32 Å². The molecule has 0 aliphatic rings. The lowest BCUT2D eigenvalue weighted by atomic mass is 10.1.